The smallest absolute Gasteiger partial charge is 0.301 e. The lowest BCUT2D eigenvalue weighted by Gasteiger charge is -1.95. The van der Waals surface area contributed by atoms with Crippen molar-refractivity contribution in [1.29, 1.82) is 0 Å². The van der Waals surface area contributed by atoms with Crippen molar-refractivity contribution in [2.75, 3.05) is 0 Å². The molecule has 7 nitrogen and oxygen atoms in total. The molecule has 0 aromatic carbocycles. The highest BCUT2D eigenvalue weighted by molar-refractivity contribution is 7.98. The Hall–Kier alpha value is -0.0600. The summed E-state index contributed by atoms with van der Waals surface area (Å²) in [6, 6.07) is 0. The third-order valence-electron chi connectivity index (χ3n) is 0.301. The van der Waals surface area contributed by atoms with Gasteiger partial charge in [-0.25, -0.2) is 4.21 Å². The summed E-state index contributed by atoms with van der Waals surface area (Å²) in [4.78, 5) is 0.781. The topological polar surface area (TPSA) is 116 Å². The summed E-state index contributed by atoms with van der Waals surface area (Å²) in [5.74, 6) is 0. The first-order chi connectivity index (χ1) is 3.98. The van der Waals surface area contributed by atoms with E-state index in [2.05, 4.69) is 0 Å². The highest BCUT2D eigenvalue weighted by Gasteiger charge is 2.08. The zero-order valence-corrected chi connectivity index (χ0v) is 5.57. The molecule has 0 saturated heterocycles. The number of rotatable bonds is 3. The van der Waals surface area contributed by atoms with E-state index in [-0.39, 0.29) is 0 Å². The zero-order valence-electron chi connectivity index (χ0n) is 3.94. The molecule has 9 heavy (non-hydrogen) atoms. The fraction of sp³-hybridized carbons (Fsp3) is 0. The lowest BCUT2D eigenvalue weighted by molar-refractivity contribution is 0.242. The molecular weight excluding hydrogens is 172 g/mol. The molecule has 4 N–H and O–H groups in total. The zero-order chi connectivity index (χ0) is 7.49. The van der Waals surface area contributed by atoms with E-state index in [9.17, 15) is 12.6 Å². The second kappa shape index (κ2) is 3.20. The van der Waals surface area contributed by atoms with Crippen molar-refractivity contribution in [3.05, 3.63) is 0 Å². The van der Waals surface area contributed by atoms with E-state index >= 15 is 0 Å². The molecule has 1 unspecified atom stereocenters. The molecule has 0 aliphatic rings. The lowest BCUT2D eigenvalue weighted by Crippen LogP contribution is -2.35. The second-order valence-electron chi connectivity index (χ2n) is 0.927. The van der Waals surface area contributed by atoms with E-state index in [0.717, 1.165) is 9.01 Å². The minimum atomic E-state index is -4.21. The monoisotopic (exact) mass is 176 g/mol. The summed E-state index contributed by atoms with van der Waals surface area (Å²) in [6.45, 7) is 0. The van der Waals surface area contributed by atoms with Crippen molar-refractivity contribution in [1.82, 2.24) is 9.01 Å². The van der Waals surface area contributed by atoms with Gasteiger partial charge in [0.25, 0.3) is 0 Å². The number of hydrogen-bond donors (Lipinski definition) is 4. The molecule has 0 amide bonds. The van der Waals surface area contributed by atoms with Crippen LogP contribution in [-0.2, 0) is 21.5 Å². The van der Waals surface area contributed by atoms with Gasteiger partial charge in [-0.1, -0.05) is 9.01 Å². The maximum absolute atomic E-state index is 9.98. The molecule has 0 aromatic rings. The van der Waals surface area contributed by atoms with Crippen LogP contribution >= 0.6 is 0 Å². The first-order valence-electron chi connectivity index (χ1n) is 1.52. The number of hydrogen-bond acceptors (Lipinski definition) is 4. The van der Waals surface area contributed by atoms with Crippen LogP contribution in [0.5, 0.6) is 0 Å². The maximum Gasteiger partial charge on any atom is 0.311 e. The molecule has 56 valence electrons. The van der Waals surface area contributed by atoms with Crippen LogP contribution in [0.2, 0.25) is 0 Å². The SMILES string of the molecule is O=S(O)NS(=O)(=O)NO. The van der Waals surface area contributed by atoms with Gasteiger partial charge >= 0.3 is 10.2 Å². The van der Waals surface area contributed by atoms with Crippen LogP contribution in [0, 0.1) is 0 Å². The van der Waals surface area contributed by atoms with Gasteiger partial charge in [-0.3, -0.25) is 4.55 Å². The van der Waals surface area contributed by atoms with Gasteiger partial charge in [0.1, 0.15) is 0 Å². The summed E-state index contributed by atoms with van der Waals surface area (Å²) in [5, 5.41) is 7.70. The molecule has 0 saturated carbocycles. The van der Waals surface area contributed by atoms with E-state index in [4.69, 9.17) is 9.76 Å². The van der Waals surface area contributed by atoms with E-state index in [0.29, 0.717) is 0 Å². The van der Waals surface area contributed by atoms with Crippen molar-refractivity contribution >= 4 is 21.5 Å². The van der Waals surface area contributed by atoms with E-state index < -0.39 is 21.5 Å². The molecule has 0 aliphatic heterocycles. The summed E-state index contributed by atoms with van der Waals surface area (Å²) in [5.41, 5.74) is 0. The van der Waals surface area contributed by atoms with Gasteiger partial charge in [0.15, 0.2) is 0 Å². The average molecular weight is 176 g/mol. The molecule has 9 heteroatoms. The Morgan fingerprint density at radius 2 is 1.89 bits per heavy atom. The van der Waals surface area contributed by atoms with Crippen molar-refractivity contribution in [3.8, 4) is 0 Å². The Labute approximate surface area is 53.6 Å². The summed E-state index contributed by atoms with van der Waals surface area (Å²) in [6.07, 6.45) is 0. The number of nitrogens with one attached hydrogen (secondary N) is 2. The van der Waals surface area contributed by atoms with Gasteiger partial charge in [-0.05, 0) is 0 Å². The average Bonchev–Trinajstić information content (AvgIpc) is 1.63. The lowest BCUT2D eigenvalue weighted by atomic mass is 13.5. The fourth-order valence-corrected chi connectivity index (χ4v) is 1.01. The third kappa shape index (κ3) is 4.44. The molecule has 0 spiro atoms. The largest absolute Gasteiger partial charge is 0.311 e. The second-order valence-corrected chi connectivity index (χ2v) is 3.28. The minimum Gasteiger partial charge on any atom is -0.301 e. The molecule has 0 bridgehead atoms. The van der Waals surface area contributed by atoms with Gasteiger partial charge in [-0.2, -0.15) is 8.42 Å². The molecule has 0 rings (SSSR count). The van der Waals surface area contributed by atoms with Crippen LogP contribution in [0.4, 0.5) is 0 Å². The van der Waals surface area contributed by atoms with Crippen LogP contribution in [-0.4, -0.2) is 22.4 Å². The molecule has 1 atom stereocenters. The van der Waals surface area contributed by atoms with E-state index in [1.807, 2.05) is 0 Å². The van der Waals surface area contributed by atoms with Crippen molar-refractivity contribution < 1.29 is 22.4 Å². The van der Waals surface area contributed by atoms with E-state index in [1.54, 1.807) is 0 Å². The van der Waals surface area contributed by atoms with Gasteiger partial charge in [-0.15, -0.1) is 0 Å². The van der Waals surface area contributed by atoms with Gasteiger partial charge in [0.05, 0.1) is 0 Å². The highest BCUT2D eigenvalue weighted by atomic mass is 32.3. The Balaban J connectivity index is 4.06. The molecular formula is H4N2O5S2. The van der Waals surface area contributed by atoms with Crippen molar-refractivity contribution in [2.24, 2.45) is 0 Å². The van der Waals surface area contributed by atoms with Crippen LogP contribution < -0.4 is 9.01 Å². The fourth-order valence-electron chi connectivity index (χ4n) is 0.112. The molecule has 0 aromatic heterocycles. The molecule has 0 radical (unpaired) electrons. The van der Waals surface area contributed by atoms with Crippen molar-refractivity contribution in [3.63, 3.8) is 0 Å². The predicted octanol–water partition coefficient (Wildman–Crippen LogP) is -2.06. The van der Waals surface area contributed by atoms with Crippen LogP contribution in [0.25, 0.3) is 0 Å². The molecule has 0 fully saturated rings. The predicted molar refractivity (Wildman–Crippen MR) is 27.7 cm³/mol. The van der Waals surface area contributed by atoms with Crippen molar-refractivity contribution in [2.45, 2.75) is 0 Å². The standard InChI is InChI=1S/H4N2O5S2/c3-1-9(6,7)2-8(4)5/h1-3H,(H,4,5). The first kappa shape index (κ1) is 8.94. The Bertz CT molecular complexity index is 191. The molecule has 0 aliphatic carbocycles. The highest BCUT2D eigenvalue weighted by Crippen LogP contribution is 1.72. The van der Waals surface area contributed by atoms with Gasteiger partial charge < -0.3 is 5.21 Å². The Morgan fingerprint density at radius 1 is 1.44 bits per heavy atom. The van der Waals surface area contributed by atoms with Gasteiger partial charge in [0, 0.05) is 0 Å². The third-order valence-corrected chi connectivity index (χ3v) is 1.99. The van der Waals surface area contributed by atoms with Crippen LogP contribution in [0.15, 0.2) is 0 Å². The summed E-state index contributed by atoms with van der Waals surface area (Å²) >= 11 is -2.70. The van der Waals surface area contributed by atoms with Gasteiger partial charge in [0.2, 0.25) is 11.3 Å². The molecule has 0 heterocycles. The normalized spacial score (nSPS) is 15.3. The Morgan fingerprint density at radius 3 is 2.00 bits per heavy atom. The Kier molecular flexibility index (Phi) is 3.17. The maximum atomic E-state index is 9.98. The van der Waals surface area contributed by atoms with Crippen LogP contribution in [0.3, 0.4) is 0 Å². The minimum absolute atomic E-state index is 0.781. The quantitative estimate of drug-likeness (QED) is 0.291. The van der Waals surface area contributed by atoms with E-state index in [1.165, 1.54) is 0 Å². The first-order valence-corrected chi connectivity index (χ1v) is 4.11. The van der Waals surface area contributed by atoms with Crippen LogP contribution in [0.1, 0.15) is 0 Å². The summed E-state index contributed by atoms with van der Waals surface area (Å²) in [7, 11) is -4.21. The summed E-state index contributed by atoms with van der Waals surface area (Å²) < 4.78 is 38.6.